The Kier molecular flexibility index (Phi) is 6.87. The van der Waals surface area contributed by atoms with Crippen molar-refractivity contribution in [3.63, 3.8) is 0 Å². The predicted molar refractivity (Wildman–Crippen MR) is 79.4 cm³/mol. The molecule has 0 saturated heterocycles. The summed E-state index contributed by atoms with van der Waals surface area (Å²) in [7, 11) is 3.17. The van der Waals surface area contributed by atoms with E-state index in [1.54, 1.807) is 14.2 Å². The summed E-state index contributed by atoms with van der Waals surface area (Å²) in [4.78, 5) is 11.8. The van der Waals surface area contributed by atoms with Crippen molar-refractivity contribution in [2.45, 2.75) is 26.3 Å². The topological polar surface area (TPSA) is 59.6 Å². The molecule has 5 nitrogen and oxygen atoms in total. The fraction of sp³-hybridized carbons (Fsp3) is 0.533. The molecule has 112 valence electrons. The molecule has 0 unspecified atom stereocenters. The van der Waals surface area contributed by atoms with E-state index in [1.165, 1.54) is 0 Å². The monoisotopic (exact) mass is 280 g/mol. The summed E-state index contributed by atoms with van der Waals surface area (Å²) in [6, 6.07) is 5.93. The van der Waals surface area contributed by atoms with Crippen molar-refractivity contribution in [1.29, 1.82) is 0 Å². The molecule has 20 heavy (non-hydrogen) atoms. The Morgan fingerprint density at radius 2 is 1.85 bits per heavy atom. The van der Waals surface area contributed by atoms with E-state index in [0.717, 1.165) is 12.1 Å². The van der Waals surface area contributed by atoms with E-state index in [0.29, 0.717) is 30.5 Å². The second-order valence-corrected chi connectivity index (χ2v) is 4.82. The molecule has 0 fully saturated rings. The Labute approximate surface area is 120 Å². The van der Waals surface area contributed by atoms with Crippen molar-refractivity contribution >= 4 is 5.91 Å². The lowest BCUT2D eigenvalue weighted by Crippen LogP contribution is -2.35. The van der Waals surface area contributed by atoms with E-state index in [9.17, 15) is 4.79 Å². The lowest BCUT2D eigenvalue weighted by atomic mass is 10.1. The number of benzene rings is 1. The molecule has 0 bridgehead atoms. The summed E-state index contributed by atoms with van der Waals surface area (Å²) in [5.41, 5.74) is 0.900. The zero-order valence-corrected chi connectivity index (χ0v) is 12.7. The number of carbonyl (C=O) groups excluding carboxylic acids is 1. The Balaban J connectivity index is 2.45. The average molecular weight is 280 g/mol. The van der Waals surface area contributed by atoms with Gasteiger partial charge in [0.15, 0.2) is 11.5 Å². The lowest BCUT2D eigenvalue weighted by Gasteiger charge is -2.11. The summed E-state index contributed by atoms with van der Waals surface area (Å²) in [5.74, 6) is 1.31. The van der Waals surface area contributed by atoms with Gasteiger partial charge in [0, 0.05) is 19.1 Å². The highest BCUT2D eigenvalue weighted by atomic mass is 16.5. The quantitative estimate of drug-likeness (QED) is 0.706. The second-order valence-electron chi connectivity index (χ2n) is 4.82. The number of amides is 1. The summed E-state index contributed by atoms with van der Waals surface area (Å²) in [6.45, 7) is 5.55. The Morgan fingerprint density at radius 1 is 1.15 bits per heavy atom. The molecule has 2 N–H and O–H groups in total. The number of nitrogens with one attached hydrogen (secondary N) is 2. The molecule has 0 radical (unpaired) electrons. The molecule has 0 spiro atoms. The minimum absolute atomic E-state index is 0.00257. The number of methoxy groups -OCH3 is 2. The third-order valence-corrected chi connectivity index (χ3v) is 2.81. The van der Waals surface area contributed by atoms with Gasteiger partial charge < -0.3 is 20.1 Å². The molecule has 5 heteroatoms. The van der Waals surface area contributed by atoms with Gasteiger partial charge in [0.2, 0.25) is 5.91 Å². The van der Waals surface area contributed by atoms with Gasteiger partial charge in [0.25, 0.3) is 0 Å². The van der Waals surface area contributed by atoms with E-state index >= 15 is 0 Å². The van der Waals surface area contributed by atoms with Crippen molar-refractivity contribution < 1.29 is 14.3 Å². The van der Waals surface area contributed by atoms with Gasteiger partial charge in [-0.2, -0.15) is 0 Å². The maximum atomic E-state index is 11.8. The molecule has 0 aliphatic carbocycles. The van der Waals surface area contributed by atoms with E-state index in [-0.39, 0.29) is 5.91 Å². The summed E-state index contributed by atoms with van der Waals surface area (Å²) >= 11 is 0. The first kappa shape index (κ1) is 16.3. The normalized spacial score (nSPS) is 10.4. The Morgan fingerprint density at radius 3 is 2.45 bits per heavy atom. The molecule has 0 aliphatic heterocycles. The molecule has 1 aromatic carbocycles. The van der Waals surface area contributed by atoms with Gasteiger partial charge in [-0.1, -0.05) is 19.9 Å². The van der Waals surface area contributed by atoms with Crippen LogP contribution in [0.4, 0.5) is 0 Å². The third kappa shape index (κ3) is 5.48. The first-order chi connectivity index (χ1) is 9.56. The maximum absolute atomic E-state index is 11.8. The highest BCUT2D eigenvalue weighted by molar-refractivity contribution is 5.78. The van der Waals surface area contributed by atoms with Crippen LogP contribution >= 0.6 is 0 Å². The van der Waals surface area contributed by atoms with Gasteiger partial charge in [-0.15, -0.1) is 0 Å². The Hall–Kier alpha value is -1.75. The smallest absolute Gasteiger partial charge is 0.224 e. The van der Waals surface area contributed by atoms with Crippen molar-refractivity contribution in [3.8, 4) is 11.5 Å². The molecule has 0 saturated carbocycles. The van der Waals surface area contributed by atoms with Gasteiger partial charge in [0.1, 0.15) is 0 Å². The number of hydrogen-bond donors (Lipinski definition) is 2. The molecule has 0 atom stereocenters. The van der Waals surface area contributed by atoms with E-state index in [2.05, 4.69) is 24.5 Å². The molecule has 0 aromatic heterocycles. The molecule has 1 aromatic rings. The number of ether oxygens (including phenoxy) is 2. The zero-order valence-electron chi connectivity index (χ0n) is 12.7. The van der Waals surface area contributed by atoms with Gasteiger partial charge in [-0.3, -0.25) is 4.79 Å². The fourth-order valence-corrected chi connectivity index (χ4v) is 1.80. The molecule has 1 rings (SSSR count). The van der Waals surface area contributed by atoms with Crippen molar-refractivity contribution in [3.05, 3.63) is 23.8 Å². The average Bonchev–Trinajstić information content (AvgIpc) is 2.43. The standard InChI is InChI=1S/C15H24N2O3/c1-11(2)16-7-8-17-15(18)10-12-5-6-13(19-3)14(9-12)20-4/h5-6,9,11,16H,7-8,10H2,1-4H3,(H,17,18). The first-order valence-corrected chi connectivity index (χ1v) is 6.77. The highest BCUT2D eigenvalue weighted by Crippen LogP contribution is 2.27. The van der Waals surface area contributed by atoms with Gasteiger partial charge in [-0.05, 0) is 17.7 Å². The van der Waals surface area contributed by atoms with Gasteiger partial charge in [-0.25, -0.2) is 0 Å². The minimum atomic E-state index is 0.00257. The zero-order chi connectivity index (χ0) is 15.0. The summed E-state index contributed by atoms with van der Waals surface area (Å²) in [5, 5.41) is 6.13. The maximum Gasteiger partial charge on any atom is 0.224 e. The SMILES string of the molecule is COc1ccc(CC(=O)NCCNC(C)C)cc1OC. The summed E-state index contributed by atoms with van der Waals surface area (Å²) < 4.78 is 10.4. The van der Waals surface area contributed by atoms with Gasteiger partial charge in [0.05, 0.1) is 20.6 Å². The molecular formula is C15H24N2O3. The van der Waals surface area contributed by atoms with Crippen molar-refractivity contribution in [1.82, 2.24) is 10.6 Å². The lowest BCUT2D eigenvalue weighted by molar-refractivity contribution is -0.120. The van der Waals surface area contributed by atoms with E-state index < -0.39 is 0 Å². The van der Waals surface area contributed by atoms with Crippen LogP contribution in [-0.4, -0.2) is 39.3 Å². The fourth-order valence-electron chi connectivity index (χ4n) is 1.80. The van der Waals surface area contributed by atoms with Crippen LogP contribution in [-0.2, 0) is 11.2 Å². The van der Waals surface area contributed by atoms with Crippen LogP contribution in [0.25, 0.3) is 0 Å². The van der Waals surface area contributed by atoms with Crippen molar-refractivity contribution in [2.75, 3.05) is 27.3 Å². The molecular weight excluding hydrogens is 256 g/mol. The second kappa shape index (κ2) is 8.43. The molecule has 0 heterocycles. The summed E-state index contributed by atoms with van der Waals surface area (Å²) in [6.07, 6.45) is 0.335. The van der Waals surface area contributed by atoms with Gasteiger partial charge >= 0.3 is 0 Å². The van der Waals surface area contributed by atoms with E-state index in [1.807, 2.05) is 18.2 Å². The minimum Gasteiger partial charge on any atom is -0.493 e. The van der Waals surface area contributed by atoms with Crippen LogP contribution in [0.5, 0.6) is 11.5 Å². The van der Waals surface area contributed by atoms with Crippen LogP contribution in [0, 0.1) is 0 Å². The number of rotatable bonds is 8. The number of carbonyl (C=O) groups is 1. The van der Waals surface area contributed by atoms with Crippen LogP contribution in [0.3, 0.4) is 0 Å². The highest BCUT2D eigenvalue weighted by Gasteiger charge is 2.08. The van der Waals surface area contributed by atoms with Crippen LogP contribution in [0.2, 0.25) is 0 Å². The Bertz CT molecular complexity index is 433. The number of hydrogen-bond acceptors (Lipinski definition) is 4. The molecule has 0 aliphatic rings. The molecule has 1 amide bonds. The third-order valence-electron chi connectivity index (χ3n) is 2.81. The van der Waals surface area contributed by atoms with E-state index in [4.69, 9.17) is 9.47 Å². The van der Waals surface area contributed by atoms with Crippen LogP contribution in [0.15, 0.2) is 18.2 Å². The van der Waals surface area contributed by atoms with Crippen LogP contribution in [0.1, 0.15) is 19.4 Å². The first-order valence-electron chi connectivity index (χ1n) is 6.77. The largest absolute Gasteiger partial charge is 0.493 e. The van der Waals surface area contributed by atoms with Crippen LogP contribution < -0.4 is 20.1 Å². The predicted octanol–water partition coefficient (Wildman–Crippen LogP) is 1.36. The van der Waals surface area contributed by atoms with Crippen molar-refractivity contribution in [2.24, 2.45) is 0 Å².